The highest BCUT2D eigenvalue weighted by molar-refractivity contribution is 6.07. The molecule has 1 aliphatic carbocycles. The quantitative estimate of drug-likeness (QED) is 0.538. The van der Waals surface area contributed by atoms with Gasteiger partial charge in [0.15, 0.2) is 0 Å². The molecule has 140 valence electrons. The van der Waals surface area contributed by atoms with Crippen LogP contribution >= 0.6 is 0 Å². The van der Waals surface area contributed by atoms with Gasteiger partial charge in [-0.25, -0.2) is 9.59 Å². The summed E-state index contributed by atoms with van der Waals surface area (Å²) in [5, 5.41) is 8.51. The summed E-state index contributed by atoms with van der Waals surface area (Å²) in [6.45, 7) is 2.64. The summed E-state index contributed by atoms with van der Waals surface area (Å²) < 4.78 is 0. The average Bonchev–Trinajstić information content (AvgIpc) is 3.19. The second kappa shape index (κ2) is 7.76. The van der Waals surface area contributed by atoms with Crippen LogP contribution in [-0.4, -0.2) is 41.5 Å². The molecular formula is C19H26N4O3. The molecule has 2 aliphatic rings. The predicted molar refractivity (Wildman–Crippen MR) is 97.5 cm³/mol. The lowest BCUT2D eigenvalue weighted by Gasteiger charge is -2.20. The van der Waals surface area contributed by atoms with E-state index in [2.05, 4.69) is 16.0 Å². The Balaban J connectivity index is 1.39. The zero-order valence-corrected chi connectivity index (χ0v) is 15.1. The summed E-state index contributed by atoms with van der Waals surface area (Å²) >= 11 is 0. The zero-order valence-electron chi connectivity index (χ0n) is 15.1. The number of carbonyl (C=O) groups excluding carboxylic acids is 3. The topological polar surface area (TPSA) is 90.5 Å². The molecule has 1 heterocycles. The Kier molecular flexibility index (Phi) is 5.44. The molecule has 26 heavy (non-hydrogen) atoms. The SMILES string of the molecule is C[C@H](NC(=O)NCCCN1C(=O)NC2(CCCC2)C1=O)c1ccccc1. The van der Waals surface area contributed by atoms with Gasteiger partial charge in [-0.05, 0) is 31.7 Å². The van der Waals surface area contributed by atoms with Crippen LogP contribution in [0.1, 0.15) is 50.6 Å². The highest BCUT2D eigenvalue weighted by atomic mass is 16.2. The molecule has 1 atom stereocenters. The minimum absolute atomic E-state index is 0.0932. The minimum Gasteiger partial charge on any atom is -0.338 e. The molecule has 0 unspecified atom stereocenters. The third-order valence-electron chi connectivity index (χ3n) is 5.19. The molecule has 1 aliphatic heterocycles. The highest BCUT2D eigenvalue weighted by Gasteiger charge is 2.51. The number of nitrogens with one attached hydrogen (secondary N) is 3. The van der Waals surface area contributed by atoms with Crippen LogP contribution < -0.4 is 16.0 Å². The van der Waals surface area contributed by atoms with Crippen LogP contribution in [0.4, 0.5) is 9.59 Å². The molecule has 3 rings (SSSR count). The zero-order chi connectivity index (χ0) is 18.6. The smallest absolute Gasteiger partial charge is 0.325 e. The molecule has 1 aromatic rings. The van der Waals surface area contributed by atoms with Gasteiger partial charge in [0.1, 0.15) is 5.54 Å². The van der Waals surface area contributed by atoms with Crippen molar-refractivity contribution in [2.24, 2.45) is 0 Å². The van der Waals surface area contributed by atoms with Crippen LogP contribution in [0, 0.1) is 0 Å². The Morgan fingerprint density at radius 2 is 1.92 bits per heavy atom. The van der Waals surface area contributed by atoms with Gasteiger partial charge >= 0.3 is 12.1 Å². The normalized spacial score (nSPS) is 19.5. The van der Waals surface area contributed by atoms with Crippen LogP contribution in [0.15, 0.2) is 30.3 Å². The van der Waals surface area contributed by atoms with Crippen molar-refractivity contribution in [3.8, 4) is 0 Å². The maximum Gasteiger partial charge on any atom is 0.325 e. The van der Waals surface area contributed by atoms with Crippen molar-refractivity contribution in [2.75, 3.05) is 13.1 Å². The monoisotopic (exact) mass is 358 g/mol. The van der Waals surface area contributed by atoms with E-state index in [-0.39, 0.29) is 24.0 Å². The number of benzene rings is 1. The number of imide groups is 1. The molecule has 1 aromatic carbocycles. The van der Waals surface area contributed by atoms with Gasteiger partial charge in [-0.1, -0.05) is 43.2 Å². The summed E-state index contributed by atoms with van der Waals surface area (Å²) in [5.74, 6) is -0.109. The third kappa shape index (κ3) is 3.81. The summed E-state index contributed by atoms with van der Waals surface area (Å²) in [5.41, 5.74) is 0.372. The average molecular weight is 358 g/mol. The van der Waals surface area contributed by atoms with Crippen molar-refractivity contribution >= 4 is 18.0 Å². The van der Waals surface area contributed by atoms with E-state index in [9.17, 15) is 14.4 Å². The molecule has 7 nitrogen and oxygen atoms in total. The lowest BCUT2D eigenvalue weighted by Crippen LogP contribution is -2.44. The Bertz CT molecular complexity index is 671. The van der Waals surface area contributed by atoms with E-state index in [0.717, 1.165) is 31.2 Å². The maximum atomic E-state index is 12.5. The second-order valence-electron chi connectivity index (χ2n) is 7.06. The first kappa shape index (κ1) is 18.2. The molecule has 1 saturated heterocycles. The van der Waals surface area contributed by atoms with E-state index in [0.29, 0.717) is 19.5 Å². The molecule has 0 bridgehead atoms. The van der Waals surface area contributed by atoms with E-state index in [1.54, 1.807) is 0 Å². The predicted octanol–water partition coefficient (Wildman–Crippen LogP) is 2.30. The molecule has 0 radical (unpaired) electrons. The van der Waals surface area contributed by atoms with Gasteiger partial charge in [-0.3, -0.25) is 9.69 Å². The van der Waals surface area contributed by atoms with Crippen molar-refractivity contribution in [1.82, 2.24) is 20.9 Å². The molecule has 3 N–H and O–H groups in total. The first-order valence-corrected chi connectivity index (χ1v) is 9.25. The number of nitrogens with zero attached hydrogens (tertiary/aromatic N) is 1. The van der Waals surface area contributed by atoms with E-state index in [1.165, 1.54) is 4.90 Å². The fraction of sp³-hybridized carbons (Fsp3) is 0.526. The van der Waals surface area contributed by atoms with Gasteiger partial charge in [-0.2, -0.15) is 0 Å². The number of hydrogen-bond donors (Lipinski definition) is 3. The third-order valence-corrected chi connectivity index (χ3v) is 5.19. The molecule has 2 fully saturated rings. The summed E-state index contributed by atoms with van der Waals surface area (Å²) in [6.07, 6.45) is 3.93. The van der Waals surface area contributed by atoms with Crippen LogP contribution in [0.2, 0.25) is 0 Å². The van der Waals surface area contributed by atoms with E-state index in [4.69, 9.17) is 0 Å². The van der Waals surface area contributed by atoms with Crippen LogP contribution in [-0.2, 0) is 4.79 Å². The number of hydrogen-bond acceptors (Lipinski definition) is 3. The number of rotatable bonds is 6. The summed E-state index contributed by atoms with van der Waals surface area (Å²) in [7, 11) is 0. The van der Waals surface area contributed by atoms with Gasteiger partial charge in [0.25, 0.3) is 5.91 Å². The van der Waals surface area contributed by atoms with Gasteiger partial charge in [0.2, 0.25) is 0 Å². The molecule has 1 spiro atoms. The molecule has 0 aromatic heterocycles. The van der Waals surface area contributed by atoms with Crippen molar-refractivity contribution in [3.63, 3.8) is 0 Å². The van der Waals surface area contributed by atoms with E-state index < -0.39 is 5.54 Å². The van der Waals surface area contributed by atoms with Gasteiger partial charge in [0, 0.05) is 13.1 Å². The lowest BCUT2D eigenvalue weighted by atomic mass is 9.98. The maximum absolute atomic E-state index is 12.5. The Morgan fingerprint density at radius 1 is 1.23 bits per heavy atom. The lowest BCUT2D eigenvalue weighted by molar-refractivity contribution is -0.131. The van der Waals surface area contributed by atoms with Crippen molar-refractivity contribution < 1.29 is 14.4 Å². The molecule has 5 amide bonds. The Morgan fingerprint density at radius 3 is 2.62 bits per heavy atom. The van der Waals surface area contributed by atoms with E-state index >= 15 is 0 Å². The number of carbonyl (C=O) groups is 3. The number of amides is 5. The fourth-order valence-electron chi connectivity index (χ4n) is 3.71. The van der Waals surface area contributed by atoms with Gasteiger partial charge < -0.3 is 16.0 Å². The minimum atomic E-state index is -0.660. The van der Waals surface area contributed by atoms with Crippen molar-refractivity contribution in [1.29, 1.82) is 0 Å². The second-order valence-corrected chi connectivity index (χ2v) is 7.06. The largest absolute Gasteiger partial charge is 0.338 e. The molecular weight excluding hydrogens is 332 g/mol. The first-order chi connectivity index (χ1) is 12.5. The van der Waals surface area contributed by atoms with E-state index in [1.807, 2.05) is 37.3 Å². The Hall–Kier alpha value is -2.57. The summed E-state index contributed by atoms with van der Waals surface area (Å²) in [6, 6.07) is 9.06. The first-order valence-electron chi connectivity index (χ1n) is 9.25. The standard InChI is InChI=1S/C19H26N4O3/c1-14(15-8-3-2-4-9-15)21-17(25)20-12-7-13-23-16(24)19(22-18(23)26)10-5-6-11-19/h2-4,8-9,14H,5-7,10-13H2,1H3,(H,22,26)(H2,20,21,25)/t14-/m0/s1. The van der Waals surface area contributed by atoms with Crippen LogP contribution in [0.5, 0.6) is 0 Å². The molecule has 1 saturated carbocycles. The summed E-state index contributed by atoms with van der Waals surface area (Å²) in [4.78, 5) is 37.8. The van der Waals surface area contributed by atoms with Crippen LogP contribution in [0.25, 0.3) is 0 Å². The van der Waals surface area contributed by atoms with Gasteiger partial charge in [0.05, 0.1) is 6.04 Å². The highest BCUT2D eigenvalue weighted by Crippen LogP contribution is 2.34. The number of urea groups is 2. The van der Waals surface area contributed by atoms with Gasteiger partial charge in [-0.15, -0.1) is 0 Å². The molecule has 7 heteroatoms. The fourth-order valence-corrected chi connectivity index (χ4v) is 3.71. The van der Waals surface area contributed by atoms with Crippen LogP contribution in [0.3, 0.4) is 0 Å². The van der Waals surface area contributed by atoms with Crippen molar-refractivity contribution in [3.05, 3.63) is 35.9 Å². The Labute approximate surface area is 153 Å². The van der Waals surface area contributed by atoms with Crippen molar-refractivity contribution in [2.45, 2.75) is 50.6 Å².